The van der Waals surface area contributed by atoms with Crippen LogP contribution in [0.15, 0.2) is 52.0 Å². The molecule has 0 unspecified atom stereocenters. The van der Waals surface area contributed by atoms with Crippen LogP contribution in [0.1, 0.15) is 30.9 Å². The van der Waals surface area contributed by atoms with Crippen molar-refractivity contribution in [3.63, 3.8) is 0 Å². The molecule has 2 rings (SSSR count). The molecule has 1 N–H and O–H groups in total. The number of benzene rings is 2. The average Bonchev–Trinajstić information content (AvgIpc) is 2.55. The van der Waals surface area contributed by atoms with Gasteiger partial charge in [-0.05, 0) is 35.7 Å². The molecule has 1 amide bonds. The number of rotatable bonds is 6. The summed E-state index contributed by atoms with van der Waals surface area (Å²) in [4.78, 5) is 11.8. The Bertz CT molecular complexity index is 748. The monoisotopic (exact) mass is 408 g/mol. The van der Waals surface area contributed by atoms with E-state index in [0.717, 1.165) is 15.6 Å². The van der Waals surface area contributed by atoms with E-state index < -0.39 is 0 Å². The van der Waals surface area contributed by atoms with E-state index in [2.05, 4.69) is 40.3 Å². The zero-order valence-electron chi connectivity index (χ0n) is 13.4. The van der Waals surface area contributed by atoms with Crippen LogP contribution in [0, 0.1) is 0 Å². The zero-order chi connectivity index (χ0) is 17.5. The van der Waals surface area contributed by atoms with E-state index in [-0.39, 0.29) is 12.5 Å². The summed E-state index contributed by atoms with van der Waals surface area (Å²) in [6.07, 6.45) is 1.50. The second-order valence-electron chi connectivity index (χ2n) is 5.44. The number of hydrogen-bond acceptors (Lipinski definition) is 3. The summed E-state index contributed by atoms with van der Waals surface area (Å²) in [6, 6.07) is 13.0. The summed E-state index contributed by atoms with van der Waals surface area (Å²) in [5, 5.41) is 4.46. The molecular weight excluding hydrogens is 392 g/mol. The van der Waals surface area contributed by atoms with Gasteiger partial charge in [0.05, 0.1) is 6.21 Å². The van der Waals surface area contributed by atoms with Crippen LogP contribution in [0.25, 0.3) is 0 Å². The van der Waals surface area contributed by atoms with E-state index in [1.807, 2.05) is 36.4 Å². The van der Waals surface area contributed by atoms with Crippen molar-refractivity contribution in [2.75, 3.05) is 6.61 Å². The number of carbonyl (C=O) groups excluding carboxylic acids is 1. The van der Waals surface area contributed by atoms with E-state index in [0.29, 0.717) is 16.7 Å². The number of amides is 1. The standard InChI is InChI=1S/C18H18BrClN2O2/c1-12(2)15-9-14(19)7-8-17(15)24-11-18(23)22-21-10-13-5-3-4-6-16(13)20/h3-10,12H,11H2,1-2H3,(H,22,23)/b21-10+. The van der Waals surface area contributed by atoms with Crippen LogP contribution in [0.4, 0.5) is 0 Å². The van der Waals surface area contributed by atoms with Gasteiger partial charge in [0.15, 0.2) is 6.61 Å². The van der Waals surface area contributed by atoms with Gasteiger partial charge in [0.25, 0.3) is 5.91 Å². The maximum atomic E-state index is 11.8. The fourth-order valence-corrected chi connectivity index (χ4v) is 2.59. The van der Waals surface area contributed by atoms with Gasteiger partial charge in [-0.15, -0.1) is 0 Å². The van der Waals surface area contributed by atoms with Crippen LogP contribution in [0.3, 0.4) is 0 Å². The fourth-order valence-electron chi connectivity index (χ4n) is 2.03. The number of hydrogen-bond donors (Lipinski definition) is 1. The van der Waals surface area contributed by atoms with Crippen molar-refractivity contribution in [3.05, 3.63) is 63.1 Å². The smallest absolute Gasteiger partial charge is 0.277 e. The summed E-state index contributed by atoms with van der Waals surface area (Å²) in [7, 11) is 0. The number of nitrogens with zero attached hydrogens (tertiary/aromatic N) is 1. The summed E-state index contributed by atoms with van der Waals surface area (Å²) < 4.78 is 6.59. The molecule has 0 saturated heterocycles. The van der Waals surface area contributed by atoms with Crippen LogP contribution >= 0.6 is 27.5 Å². The third kappa shape index (κ3) is 5.35. The van der Waals surface area contributed by atoms with Gasteiger partial charge < -0.3 is 4.74 Å². The van der Waals surface area contributed by atoms with Gasteiger partial charge in [0, 0.05) is 15.1 Å². The first kappa shape index (κ1) is 18.5. The lowest BCUT2D eigenvalue weighted by Gasteiger charge is -2.13. The van der Waals surface area contributed by atoms with E-state index in [9.17, 15) is 4.79 Å². The lowest BCUT2D eigenvalue weighted by molar-refractivity contribution is -0.123. The highest BCUT2D eigenvalue weighted by Gasteiger charge is 2.10. The molecule has 0 aliphatic heterocycles. The SMILES string of the molecule is CC(C)c1cc(Br)ccc1OCC(=O)N/N=C/c1ccccc1Cl. The summed E-state index contributed by atoms with van der Waals surface area (Å²) in [5.74, 6) is 0.646. The summed E-state index contributed by atoms with van der Waals surface area (Å²) in [5.41, 5.74) is 4.20. The largest absolute Gasteiger partial charge is 0.483 e. The predicted molar refractivity (Wildman–Crippen MR) is 101 cm³/mol. The molecule has 0 aliphatic carbocycles. The molecule has 0 heterocycles. The van der Waals surface area contributed by atoms with Crippen molar-refractivity contribution < 1.29 is 9.53 Å². The molecule has 6 heteroatoms. The number of ether oxygens (including phenoxy) is 1. The highest BCUT2D eigenvalue weighted by atomic mass is 79.9. The highest BCUT2D eigenvalue weighted by molar-refractivity contribution is 9.10. The number of hydrazone groups is 1. The topological polar surface area (TPSA) is 50.7 Å². The summed E-state index contributed by atoms with van der Waals surface area (Å²) >= 11 is 9.45. The lowest BCUT2D eigenvalue weighted by Crippen LogP contribution is -2.24. The van der Waals surface area contributed by atoms with Gasteiger partial charge in [-0.3, -0.25) is 4.79 Å². The zero-order valence-corrected chi connectivity index (χ0v) is 15.8. The first-order valence-corrected chi connectivity index (χ1v) is 8.63. The predicted octanol–water partition coefficient (Wildman–Crippen LogP) is 4.76. The minimum absolute atomic E-state index is 0.110. The Morgan fingerprint density at radius 2 is 2.08 bits per heavy atom. The third-order valence-corrected chi connectivity index (χ3v) is 4.09. The second kappa shape index (κ2) is 8.85. The molecule has 0 spiro atoms. The molecule has 0 aromatic heterocycles. The highest BCUT2D eigenvalue weighted by Crippen LogP contribution is 2.29. The molecule has 0 saturated carbocycles. The molecule has 126 valence electrons. The Morgan fingerprint density at radius 1 is 1.33 bits per heavy atom. The van der Waals surface area contributed by atoms with Gasteiger partial charge in [0.1, 0.15) is 5.75 Å². The van der Waals surface area contributed by atoms with Gasteiger partial charge in [0.2, 0.25) is 0 Å². The minimum atomic E-state index is -0.337. The number of carbonyl (C=O) groups is 1. The van der Waals surface area contributed by atoms with Crippen LogP contribution in [0.5, 0.6) is 5.75 Å². The van der Waals surface area contributed by atoms with Gasteiger partial charge in [-0.1, -0.05) is 59.6 Å². The molecule has 2 aromatic carbocycles. The molecule has 0 bridgehead atoms. The van der Waals surface area contributed by atoms with Crippen molar-refractivity contribution in [2.45, 2.75) is 19.8 Å². The Hall–Kier alpha value is -1.85. The molecule has 0 aliphatic rings. The van der Waals surface area contributed by atoms with Crippen LogP contribution in [-0.4, -0.2) is 18.7 Å². The minimum Gasteiger partial charge on any atom is -0.483 e. The molecule has 24 heavy (non-hydrogen) atoms. The lowest BCUT2D eigenvalue weighted by atomic mass is 10.0. The van der Waals surface area contributed by atoms with Crippen molar-refractivity contribution in [1.82, 2.24) is 5.43 Å². The maximum Gasteiger partial charge on any atom is 0.277 e. The molecular formula is C18H18BrClN2O2. The van der Waals surface area contributed by atoms with E-state index in [1.165, 1.54) is 6.21 Å². The van der Waals surface area contributed by atoms with Gasteiger partial charge >= 0.3 is 0 Å². The van der Waals surface area contributed by atoms with E-state index in [4.69, 9.17) is 16.3 Å². The van der Waals surface area contributed by atoms with Crippen molar-refractivity contribution in [1.29, 1.82) is 0 Å². The van der Waals surface area contributed by atoms with Crippen LogP contribution in [0.2, 0.25) is 5.02 Å². The molecule has 0 fully saturated rings. The van der Waals surface area contributed by atoms with Crippen molar-refractivity contribution in [3.8, 4) is 5.75 Å². The maximum absolute atomic E-state index is 11.8. The van der Waals surface area contributed by atoms with Crippen molar-refractivity contribution >= 4 is 39.7 Å². The van der Waals surface area contributed by atoms with Gasteiger partial charge in [-0.2, -0.15) is 5.10 Å². The normalized spacial score (nSPS) is 11.0. The second-order valence-corrected chi connectivity index (χ2v) is 6.76. The van der Waals surface area contributed by atoms with Crippen molar-refractivity contribution in [2.24, 2.45) is 5.10 Å². The third-order valence-electron chi connectivity index (χ3n) is 3.25. The number of nitrogens with one attached hydrogen (secondary N) is 1. The Morgan fingerprint density at radius 3 is 2.79 bits per heavy atom. The Balaban J connectivity index is 1.91. The molecule has 0 radical (unpaired) electrons. The summed E-state index contributed by atoms with van der Waals surface area (Å²) in [6.45, 7) is 4.03. The first-order valence-electron chi connectivity index (χ1n) is 7.46. The first-order chi connectivity index (χ1) is 11.5. The number of halogens is 2. The van der Waals surface area contributed by atoms with Crippen LogP contribution in [-0.2, 0) is 4.79 Å². The average molecular weight is 410 g/mol. The van der Waals surface area contributed by atoms with E-state index in [1.54, 1.807) is 6.07 Å². The fraction of sp³-hybridized carbons (Fsp3) is 0.222. The van der Waals surface area contributed by atoms with E-state index >= 15 is 0 Å². The Kier molecular flexibility index (Phi) is 6.82. The van der Waals surface area contributed by atoms with Gasteiger partial charge in [-0.25, -0.2) is 5.43 Å². The quantitative estimate of drug-likeness (QED) is 0.552. The van der Waals surface area contributed by atoms with Crippen LogP contribution < -0.4 is 10.2 Å². The molecule has 0 atom stereocenters. The molecule has 2 aromatic rings. The molecule has 4 nitrogen and oxygen atoms in total. The Labute approximate surface area is 155 Å².